The Hall–Kier alpha value is -2.04. The molecule has 1 fully saturated rings. The van der Waals surface area contributed by atoms with Gasteiger partial charge in [-0.25, -0.2) is 0 Å². The molecule has 1 spiro atoms. The van der Waals surface area contributed by atoms with Gasteiger partial charge in [-0.3, -0.25) is 4.99 Å². The van der Waals surface area contributed by atoms with Gasteiger partial charge in [-0.05, 0) is 56.6 Å². The van der Waals surface area contributed by atoms with Crippen LogP contribution in [0.4, 0.5) is 11.4 Å². The fourth-order valence-corrected chi connectivity index (χ4v) is 4.02. The predicted octanol–water partition coefficient (Wildman–Crippen LogP) is 4.80. The largest absolute Gasteiger partial charge is 0.371 e. The quantitative estimate of drug-likeness (QED) is 0.799. The molecular weight excluding hydrogens is 344 g/mol. The number of hydrogen-bond acceptors (Lipinski definition) is 3. The van der Waals surface area contributed by atoms with Crippen LogP contribution in [0.2, 0.25) is 5.02 Å². The Labute approximate surface area is 160 Å². The second-order valence-corrected chi connectivity index (χ2v) is 7.83. The third-order valence-electron chi connectivity index (χ3n) is 5.50. The Morgan fingerprint density at radius 2 is 1.81 bits per heavy atom. The number of aliphatic imine (C=N–C) groups is 1. The molecule has 2 aliphatic heterocycles. The van der Waals surface area contributed by atoms with Crippen molar-refractivity contribution in [2.24, 2.45) is 4.99 Å². The van der Waals surface area contributed by atoms with Crippen LogP contribution in [0.25, 0.3) is 0 Å². The molecular formula is C21H25ClN4. The van der Waals surface area contributed by atoms with E-state index in [4.69, 9.17) is 16.6 Å². The minimum absolute atomic E-state index is 0.0415. The van der Waals surface area contributed by atoms with E-state index in [0.29, 0.717) is 0 Å². The van der Waals surface area contributed by atoms with Crippen molar-refractivity contribution in [3.63, 3.8) is 0 Å². The summed E-state index contributed by atoms with van der Waals surface area (Å²) in [5, 5.41) is 8.18. The van der Waals surface area contributed by atoms with E-state index < -0.39 is 0 Å². The van der Waals surface area contributed by atoms with Gasteiger partial charge < -0.3 is 15.5 Å². The molecule has 0 radical (unpaired) electrons. The number of rotatable bonds is 2. The van der Waals surface area contributed by atoms with Crippen molar-refractivity contribution < 1.29 is 0 Å². The van der Waals surface area contributed by atoms with Crippen LogP contribution in [0.15, 0.2) is 53.5 Å². The first-order valence-corrected chi connectivity index (χ1v) is 9.60. The summed E-state index contributed by atoms with van der Waals surface area (Å²) >= 11 is 6.17. The second kappa shape index (κ2) is 6.93. The van der Waals surface area contributed by atoms with Gasteiger partial charge in [0, 0.05) is 18.1 Å². The van der Waals surface area contributed by atoms with Crippen molar-refractivity contribution in [3.05, 3.63) is 59.1 Å². The molecule has 4 nitrogen and oxygen atoms in total. The minimum atomic E-state index is -0.131. The Bertz CT molecular complexity index is 824. The van der Waals surface area contributed by atoms with Gasteiger partial charge >= 0.3 is 0 Å². The number of para-hydroxylation sites is 2. The summed E-state index contributed by atoms with van der Waals surface area (Å²) in [6, 6.07) is 16.4. The Morgan fingerprint density at radius 1 is 1.08 bits per heavy atom. The van der Waals surface area contributed by atoms with E-state index in [0.717, 1.165) is 53.7 Å². The predicted molar refractivity (Wildman–Crippen MR) is 110 cm³/mol. The molecule has 5 heteroatoms. The average Bonchev–Trinajstić information content (AvgIpc) is 2.65. The van der Waals surface area contributed by atoms with Crippen molar-refractivity contribution in [3.8, 4) is 0 Å². The number of amidine groups is 1. The number of hydrogen-bond donors (Lipinski definition) is 2. The maximum atomic E-state index is 6.17. The topological polar surface area (TPSA) is 39.7 Å². The summed E-state index contributed by atoms with van der Waals surface area (Å²) in [6.07, 6.45) is 2.07. The zero-order valence-electron chi connectivity index (χ0n) is 15.3. The number of piperidine rings is 1. The zero-order chi connectivity index (χ0) is 18.1. The normalized spacial score (nSPS) is 21.7. The van der Waals surface area contributed by atoms with Crippen LogP contribution in [-0.4, -0.2) is 36.4 Å². The number of nitrogens with zero attached hydrogens (tertiary/aromatic N) is 2. The molecule has 4 rings (SSSR count). The van der Waals surface area contributed by atoms with Gasteiger partial charge in [-0.2, -0.15) is 0 Å². The summed E-state index contributed by atoms with van der Waals surface area (Å²) in [5.41, 5.74) is 3.25. The Balaban J connectivity index is 1.71. The van der Waals surface area contributed by atoms with E-state index in [2.05, 4.69) is 59.8 Å². The number of halogens is 1. The molecule has 0 aromatic heterocycles. The van der Waals surface area contributed by atoms with Crippen LogP contribution in [0.5, 0.6) is 0 Å². The Kier molecular flexibility index (Phi) is 4.63. The maximum Gasteiger partial charge on any atom is 0.127 e. The highest BCUT2D eigenvalue weighted by Crippen LogP contribution is 2.37. The molecule has 1 atom stereocenters. The first-order valence-electron chi connectivity index (χ1n) is 9.22. The van der Waals surface area contributed by atoms with Crippen LogP contribution >= 0.6 is 11.6 Å². The molecule has 1 unspecified atom stereocenters. The maximum absolute atomic E-state index is 6.17. The monoisotopic (exact) mass is 368 g/mol. The van der Waals surface area contributed by atoms with Crippen LogP contribution in [0.1, 0.15) is 31.4 Å². The highest BCUT2D eigenvalue weighted by atomic mass is 35.5. The SMILES string of the molecule is CC(N=C1Nc2ccccc2NC12CCN(C)CC2)c1cccc(Cl)c1. The van der Waals surface area contributed by atoms with Crippen molar-refractivity contribution >= 4 is 28.8 Å². The molecule has 0 amide bonds. The highest BCUT2D eigenvalue weighted by Gasteiger charge is 2.42. The van der Waals surface area contributed by atoms with Gasteiger partial charge in [0.25, 0.3) is 0 Å². The summed E-state index contributed by atoms with van der Waals surface area (Å²) in [7, 11) is 2.18. The Morgan fingerprint density at radius 3 is 2.54 bits per heavy atom. The van der Waals surface area contributed by atoms with E-state index in [9.17, 15) is 0 Å². The first kappa shape index (κ1) is 17.4. The molecule has 2 aromatic carbocycles. The summed E-state index contributed by atoms with van der Waals surface area (Å²) in [4.78, 5) is 7.49. The average molecular weight is 369 g/mol. The van der Waals surface area contributed by atoms with E-state index in [1.807, 2.05) is 18.2 Å². The molecule has 2 heterocycles. The van der Waals surface area contributed by atoms with Crippen LogP contribution in [-0.2, 0) is 0 Å². The van der Waals surface area contributed by atoms with Gasteiger partial charge in [0.2, 0.25) is 0 Å². The minimum Gasteiger partial charge on any atom is -0.371 e. The summed E-state index contributed by atoms with van der Waals surface area (Å²) in [6.45, 7) is 4.24. The van der Waals surface area contributed by atoms with Crippen LogP contribution < -0.4 is 10.6 Å². The third kappa shape index (κ3) is 3.31. The molecule has 2 aromatic rings. The van der Waals surface area contributed by atoms with E-state index >= 15 is 0 Å². The molecule has 0 saturated carbocycles. The highest BCUT2D eigenvalue weighted by molar-refractivity contribution is 6.30. The lowest BCUT2D eigenvalue weighted by molar-refractivity contribution is 0.240. The third-order valence-corrected chi connectivity index (χ3v) is 5.74. The van der Waals surface area contributed by atoms with Gasteiger partial charge in [-0.15, -0.1) is 0 Å². The molecule has 136 valence electrons. The fourth-order valence-electron chi connectivity index (χ4n) is 3.82. The molecule has 0 aliphatic carbocycles. The number of anilines is 2. The number of likely N-dealkylation sites (tertiary alicyclic amines) is 1. The van der Waals surface area contributed by atoms with E-state index in [1.165, 1.54) is 0 Å². The van der Waals surface area contributed by atoms with Gasteiger partial charge in [0.15, 0.2) is 0 Å². The lowest BCUT2D eigenvalue weighted by Gasteiger charge is -2.46. The van der Waals surface area contributed by atoms with Crippen LogP contribution in [0, 0.1) is 0 Å². The van der Waals surface area contributed by atoms with Crippen molar-refractivity contribution in [2.75, 3.05) is 30.8 Å². The fraction of sp³-hybridized carbons (Fsp3) is 0.381. The molecule has 1 saturated heterocycles. The van der Waals surface area contributed by atoms with Crippen molar-refractivity contribution in [2.45, 2.75) is 31.3 Å². The molecule has 26 heavy (non-hydrogen) atoms. The zero-order valence-corrected chi connectivity index (χ0v) is 16.1. The van der Waals surface area contributed by atoms with Crippen molar-refractivity contribution in [1.82, 2.24) is 4.90 Å². The van der Waals surface area contributed by atoms with Gasteiger partial charge in [-0.1, -0.05) is 35.9 Å². The first-order chi connectivity index (χ1) is 12.6. The number of nitrogens with one attached hydrogen (secondary N) is 2. The number of benzene rings is 2. The van der Waals surface area contributed by atoms with E-state index in [1.54, 1.807) is 0 Å². The second-order valence-electron chi connectivity index (χ2n) is 7.39. The van der Waals surface area contributed by atoms with Crippen molar-refractivity contribution in [1.29, 1.82) is 0 Å². The number of fused-ring (bicyclic) bond motifs is 1. The lowest BCUT2D eigenvalue weighted by atomic mass is 9.83. The molecule has 0 bridgehead atoms. The molecule has 2 aliphatic rings. The van der Waals surface area contributed by atoms with Crippen LogP contribution in [0.3, 0.4) is 0 Å². The smallest absolute Gasteiger partial charge is 0.127 e. The lowest BCUT2D eigenvalue weighted by Crippen LogP contribution is -2.58. The summed E-state index contributed by atoms with van der Waals surface area (Å²) < 4.78 is 0. The molecule has 2 N–H and O–H groups in total. The van der Waals surface area contributed by atoms with Gasteiger partial charge in [0.05, 0.1) is 23.0 Å². The summed E-state index contributed by atoms with van der Waals surface area (Å²) in [5.74, 6) is 1.04. The van der Waals surface area contributed by atoms with E-state index in [-0.39, 0.29) is 11.6 Å². The van der Waals surface area contributed by atoms with Gasteiger partial charge in [0.1, 0.15) is 5.84 Å². The standard InChI is InChI=1S/C21H25ClN4/c1-15(16-6-5-7-17(22)14-16)23-20-21(10-12-26(2)13-11-21)25-19-9-4-3-8-18(19)24-20/h3-9,14-15,25H,10-13H2,1-2H3,(H,23,24).